The first-order valence-corrected chi connectivity index (χ1v) is 5.47. The standard InChI is InChI=1S/C10H16F3N3/c1-16-8(10(11,12)13)6-15-9(16)7-2-4-14-5-3-7/h6-7,9,14-15H,2-5H2,1H3. The fourth-order valence-corrected chi connectivity index (χ4v) is 2.42. The zero-order valence-corrected chi connectivity index (χ0v) is 9.14. The lowest BCUT2D eigenvalue weighted by atomic mass is 9.94. The average Bonchev–Trinajstić information content (AvgIpc) is 2.61. The lowest BCUT2D eigenvalue weighted by Gasteiger charge is -2.34. The first-order valence-electron chi connectivity index (χ1n) is 5.47. The Kier molecular flexibility index (Phi) is 3.01. The number of alkyl halides is 3. The summed E-state index contributed by atoms with van der Waals surface area (Å²) in [6.07, 6.45) is -1.54. The Labute approximate surface area is 92.7 Å². The summed E-state index contributed by atoms with van der Waals surface area (Å²) in [5.41, 5.74) is -0.573. The molecule has 2 heterocycles. The van der Waals surface area contributed by atoms with E-state index in [1.54, 1.807) is 0 Å². The van der Waals surface area contributed by atoms with E-state index in [-0.39, 0.29) is 12.1 Å². The minimum atomic E-state index is -4.26. The number of nitrogens with one attached hydrogen (secondary N) is 2. The molecule has 0 aromatic heterocycles. The summed E-state index contributed by atoms with van der Waals surface area (Å²) >= 11 is 0. The number of rotatable bonds is 1. The van der Waals surface area contributed by atoms with E-state index in [1.807, 2.05) is 0 Å². The van der Waals surface area contributed by atoms with Gasteiger partial charge in [-0.05, 0) is 25.9 Å². The van der Waals surface area contributed by atoms with Crippen LogP contribution in [0.4, 0.5) is 13.2 Å². The van der Waals surface area contributed by atoms with Crippen molar-refractivity contribution in [3.63, 3.8) is 0 Å². The maximum absolute atomic E-state index is 12.6. The van der Waals surface area contributed by atoms with Crippen LogP contribution in [-0.2, 0) is 0 Å². The molecular formula is C10H16F3N3. The molecule has 0 bridgehead atoms. The monoisotopic (exact) mass is 235 g/mol. The van der Waals surface area contributed by atoms with Crippen molar-refractivity contribution in [3.05, 3.63) is 11.9 Å². The molecule has 1 unspecified atom stereocenters. The molecule has 1 atom stereocenters. The van der Waals surface area contributed by atoms with E-state index in [2.05, 4.69) is 10.6 Å². The van der Waals surface area contributed by atoms with E-state index in [0.29, 0.717) is 0 Å². The first kappa shape index (κ1) is 11.6. The van der Waals surface area contributed by atoms with Crippen molar-refractivity contribution in [2.75, 3.05) is 20.1 Å². The lowest BCUT2D eigenvalue weighted by molar-refractivity contribution is -0.111. The second kappa shape index (κ2) is 4.16. The third kappa shape index (κ3) is 2.11. The fourth-order valence-electron chi connectivity index (χ4n) is 2.42. The Bertz CT molecular complexity index is 282. The Morgan fingerprint density at radius 3 is 2.44 bits per heavy atom. The third-order valence-corrected chi connectivity index (χ3v) is 3.31. The molecule has 6 heteroatoms. The number of allylic oxidation sites excluding steroid dienone is 1. The zero-order valence-electron chi connectivity index (χ0n) is 9.14. The quantitative estimate of drug-likeness (QED) is 0.716. The van der Waals surface area contributed by atoms with Crippen molar-refractivity contribution in [2.45, 2.75) is 25.2 Å². The van der Waals surface area contributed by atoms with Crippen LogP contribution in [0.3, 0.4) is 0 Å². The van der Waals surface area contributed by atoms with Gasteiger partial charge in [0.2, 0.25) is 0 Å². The molecule has 0 aliphatic carbocycles. The second-order valence-electron chi connectivity index (χ2n) is 4.34. The van der Waals surface area contributed by atoms with Gasteiger partial charge in [-0.3, -0.25) is 0 Å². The van der Waals surface area contributed by atoms with Crippen LogP contribution in [0.5, 0.6) is 0 Å². The lowest BCUT2D eigenvalue weighted by Crippen LogP contribution is -2.46. The molecule has 2 aliphatic rings. The van der Waals surface area contributed by atoms with Gasteiger partial charge in [-0.2, -0.15) is 13.2 Å². The van der Waals surface area contributed by atoms with Crippen LogP contribution < -0.4 is 10.6 Å². The Morgan fingerprint density at radius 2 is 1.94 bits per heavy atom. The predicted molar refractivity (Wildman–Crippen MR) is 54.4 cm³/mol. The number of hydrogen-bond donors (Lipinski definition) is 2. The van der Waals surface area contributed by atoms with Crippen LogP contribution in [-0.4, -0.2) is 37.4 Å². The highest BCUT2D eigenvalue weighted by Crippen LogP contribution is 2.34. The predicted octanol–water partition coefficient (Wildman–Crippen LogP) is 1.25. The molecule has 16 heavy (non-hydrogen) atoms. The summed E-state index contributed by atoms with van der Waals surface area (Å²) in [5, 5.41) is 6.06. The SMILES string of the molecule is CN1C(C(F)(F)F)=CNC1C1CCNCC1. The Hall–Kier alpha value is -0.910. The molecule has 3 nitrogen and oxygen atoms in total. The number of piperidine rings is 1. The zero-order chi connectivity index (χ0) is 11.8. The molecular weight excluding hydrogens is 219 g/mol. The maximum atomic E-state index is 12.6. The van der Waals surface area contributed by atoms with Crippen molar-refractivity contribution >= 4 is 0 Å². The highest BCUT2D eigenvalue weighted by atomic mass is 19.4. The van der Waals surface area contributed by atoms with Crippen LogP contribution >= 0.6 is 0 Å². The molecule has 2 rings (SSSR count). The van der Waals surface area contributed by atoms with Crippen LogP contribution in [0.2, 0.25) is 0 Å². The van der Waals surface area contributed by atoms with Crippen LogP contribution in [0.1, 0.15) is 12.8 Å². The van der Waals surface area contributed by atoms with Crippen molar-refractivity contribution in [3.8, 4) is 0 Å². The van der Waals surface area contributed by atoms with Crippen molar-refractivity contribution in [1.29, 1.82) is 0 Å². The summed E-state index contributed by atoms with van der Waals surface area (Å²) in [7, 11) is 1.51. The Balaban J connectivity index is 2.01. The van der Waals surface area contributed by atoms with Gasteiger partial charge in [0.05, 0.1) is 0 Å². The normalized spacial score (nSPS) is 27.9. The van der Waals surface area contributed by atoms with Gasteiger partial charge in [0.15, 0.2) is 0 Å². The second-order valence-corrected chi connectivity index (χ2v) is 4.34. The van der Waals surface area contributed by atoms with E-state index in [4.69, 9.17) is 0 Å². The molecule has 1 fully saturated rings. The molecule has 0 spiro atoms. The average molecular weight is 235 g/mol. The number of halogens is 3. The van der Waals surface area contributed by atoms with Gasteiger partial charge < -0.3 is 15.5 Å². The van der Waals surface area contributed by atoms with E-state index in [9.17, 15) is 13.2 Å². The molecule has 2 N–H and O–H groups in total. The van der Waals surface area contributed by atoms with Crippen molar-refractivity contribution in [1.82, 2.24) is 15.5 Å². The molecule has 0 aromatic rings. The molecule has 0 aromatic carbocycles. The van der Waals surface area contributed by atoms with Crippen LogP contribution in [0.15, 0.2) is 11.9 Å². The van der Waals surface area contributed by atoms with Gasteiger partial charge in [0.1, 0.15) is 11.9 Å². The fraction of sp³-hybridized carbons (Fsp3) is 0.800. The molecule has 92 valence electrons. The largest absolute Gasteiger partial charge is 0.432 e. The van der Waals surface area contributed by atoms with Crippen molar-refractivity contribution < 1.29 is 13.2 Å². The van der Waals surface area contributed by atoms with Crippen LogP contribution in [0, 0.1) is 5.92 Å². The van der Waals surface area contributed by atoms with Gasteiger partial charge in [0, 0.05) is 19.2 Å². The van der Waals surface area contributed by atoms with Crippen LogP contribution in [0.25, 0.3) is 0 Å². The smallest absolute Gasteiger partial charge is 0.369 e. The number of hydrogen-bond acceptors (Lipinski definition) is 3. The van der Waals surface area contributed by atoms with Gasteiger partial charge in [0.25, 0.3) is 0 Å². The molecule has 0 amide bonds. The highest BCUT2D eigenvalue weighted by molar-refractivity contribution is 5.14. The van der Waals surface area contributed by atoms with Gasteiger partial charge in [-0.25, -0.2) is 0 Å². The molecule has 1 saturated heterocycles. The molecule has 0 radical (unpaired) electrons. The topological polar surface area (TPSA) is 27.3 Å². The highest BCUT2D eigenvalue weighted by Gasteiger charge is 2.43. The summed E-state index contributed by atoms with van der Waals surface area (Å²) in [6.45, 7) is 1.77. The summed E-state index contributed by atoms with van der Waals surface area (Å²) in [4.78, 5) is 1.32. The van der Waals surface area contributed by atoms with E-state index in [0.717, 1.165) is 32.1 Å². The first-order chi connectivity index (χ1) is 7.50. The van der Waals surface area contributed by atoms with E-state index in [1.165, 1.54) is 11.9 Å². The summed E-state index contributed by atoms with van der Waals surface area (Å²) < 4.78 is 37.8. The van der Waals surface area contributed by atoms with Gasteiger partial charge >= 0.3 is 6.18 Å². The minimum Gasteiger partial charge on any atom is -0.369 e. The van der Waals surface area contributed by atoms with Gasteiger partial charge in [-0.1, -0.05) is 0 Å². The molecule has 0 saturated carbocycles. The van der Waals surface area contributed by atoms with Crippen molar-refractivity contribution in [2.24, 2.45) is 5.92 Å². The summed E-state index contributed by atoms with van der Waals surface area (Å²) in [5.74, 6) is 0.280. The maximum Gasteiger partial charge on any atom is 0.432 e. The number of nitrogens with zero attached hydrogens (tertiary/aromatic N) is 1. The Morgan fingerprint density at radius 1 is 1.31 bits per heavy atom. The minimum absolute atomic E-state index is 0.210. The summed E-state index contributed by atoms with van der Waals surface area (Å²) in [6, 6.07) is 0. The molecule has 2 aliphatic heterocycles. The van der Waals surface area contributed by atoms with E-state index < -0.39 is 11.9 Å². The third-order valence-electron chi connectivity index (χ3n) is 3.31. The van der Waals surface area contributed by atoms with E-state index >= 15 is 0 Å². The van der Waals surface area contributed by atoms with Gasteiger partial charge in [-0.15, -0.1) is 0 Å².